The van der Waals surface area contributed by atoms with E-state index in [0.29, 0.717) is 0 Å². The second-order valence-corrected chi connectivity index (χ2v) is 3.51. The maximum Gasteiger partial charge on any atom is 0.0669 e. The van der Waals surface area contributed by atoms with Crippen LogP contribution in [0.3, 0.4) is 0 Å². The fraction of sp³-hybridized carbons (Fsp3) is 0.500. The molecule has 0 aliphatic rings. The zero-order chi connectivity index (χ0) is 10.9. The zero-order valence-electron chi connectivity index (χ0n) is 9.11. The molecule has 0 bridgehead atoms. The van der Waals surface area contributed by atoms with Crippen molar-refractivity contribution in [2.24, 2.45) is 5.92 Å². The van der Waals surface area contributed by atoms with E-state index in [2.05, 4.69) is 16.4 Å². The molecule has 0 aliphatic carbocycles. The maximum absolute atomic E-state index is 8.74. The maximum atomic E-state index is 8.74. The van der Waals surface area contributed by atoms with E-state index in [9.17, 15) is 0 Å². The summed E-state index contributed by atoms with van der Waals surface area (Å²) in [6, 6.07) is 8.20. The van der Waals surface area contributed by atoms with Gasteiger partial charge in [-0.25, -0.2) is 0 Å². The molecule has 0 spiro atoms. The first kappa shape index (κ1) is 11.7. The molecule has 80 valence electrons. The predicted molar refractivity (Wildman–Crippen MR) is 60.2 cm³/mol. The minimum Gasteiger partial charge on any atom is -0.315 e. The number of nitriles is 1. The molecule has 1 aromatic rings. The van der Waals surface area contributed by atoms with E-state index in [4.69, 9.17) is 5.26 Å². The van der Waals surface area contributed by atoms with E-state index in [1.165, 1.54) is 0 Å². The van der Waals surface area contributed by atoms with Crippen LogP contribution in [0, 0.1) is 17.2 Å². The minimum absolute atomic E-state index is 0.133. The lowest BCUT2D eigenvalue weighted by Gasteiger charge is -2.07. The molecule has 1 unspecified atom stereocenters. The lowest BCUT2D eigenvalue weighted by atomic mass is 10.1. The van der Waals surface area contributed by atoms with Gasteiger partial charge in [-0.05, 0) is 18.6 Å². The number of hydrogen-bond acceptors (Lipinski definition) is 3. The molecule has 1 aromatic heterocycles. The fourth-order valence-corrected chi connectivity index (χ4v) is 1.32. The predicted octanol–water partition coefficient (Wildman–Crippen LogP) is 1.76. The lowest BCUT2D eigenvalue weighted by molar-refractivity contribution is 0.553. The highest BCUT2D eigenvalue weighted by molar-refractivity contribution is 5.03. The number of rotatable bonds is 6. The first-order valence-corrected chi connectivity index (χ1v) is 5.37. The van der Waals surface area contributed by atoms with Gasteiger partial charge in [0.15, 0.2) is 0 Å². The SMILES string of the molecule is CCC(C#N)CNCCc1ccccn1. The third kappa shape index (κ3) is 4.57. The van der Waals surface area contributed by atoms with Crippen molar-refractivity contribution in [3.63, 3.8) is 0 Å². The molecule has 3 nitrogen and oxygen atoms in total. The monoisotopic (exact) mass is 203 g/mol. The molecule has 1 N–H and O–H groups in total. The largest absolute Gasteiger partial charge is 0.315 e. The van der Waals surface area contributed by atoms with Gasteiger partial charge in [0.05, 0.1) is 12.0 Å². The van der Waals surface area contributed by atoms with Crippen LogP contribution in [0.1, 0.15) is 19.0 Å². The van der Waals surface area contributed by atoms with Gasteiger partial charge in [-0.3, -0.25) is 4.98 Å². The van der Waals surface area contributed by atoms with Crippen molar-refractivity contribution in [3.05, 3.63) is 30.1 Å². The van der Waals surface area contributed by atoms with Gasteiger partial charge in [0.1, 0.15) is 0 Å². The molecule has 0 radical (unpaired) electrons. The van der Waals surface area contributed by atoms with Crippen LogP contribution in [0.2, 0.25) is 0 Å². The number of nitrogens with zero attached hydrogens (tertiary/aromatic N) is 2. The Hall–Kier alpha value is -1.40. The van der Waals surface area contributed by atoms with Crippen LogP contribution in [0.5, 0.6) is 0 Å². The van der Waals surface area contributed by atoms with Gasteiger partial charge >= 0.3 is 0 Å². The van der Waals surface area contributed by atoms with E-state index in [-0.39, 0.29) is 5.92 Å². The molecule has 0 fully saturated rings. The Balaban J connectivity index is 2.15. The van der Waals surface area contributed by atoms with Crippen molar-refractivity contribution in [2.45, 2.75) is 19.8 Å². The van der Waals surface area contributed by atoms with Gasteiger partial charge < -0.3 is 5.32 Å². The van der Waals surface area contributed by atoms with Crippen LogP contribution >= 0.6 is 0 Å². The van der Waals surface area contributed by atoms with Crippen molar-refractivity contribution < 1.29 is 0 Å². The van der Waals surface area contributed by atoms with Gasteiger partial charge in [0.2, 0.25) is 0 Å². The van der Waals surface area contributed by atoms with Crippen molar-refractivity contribution in [1.29, 1.82) is 5.26 Å². The van der Waals surface area contributed by atoms with Gasteiger partial charge in [-0.1, -0.05) is 13.0 Å². The van der Waals surface area contributed by atoms with Crippen molar-refractivity contribution in [2.75, 3.05) is 13.1 Å². The Morgan fingerprint density at radius 1 is 1.53 bits per heavy atom. The van der Waals surface area contributed by atoms with Crippen LogP contribution in [-0.4, -0.2) is 18.1 Å². The summed E-state index contributed by atoms with van der Waals surface area (Å²) in [5.74, 6) is 0.133. The molecular weight excluding hydrogens is 186 g/mol. The number of nitrogens with one attached hydrogen (secondary N) is 1. The van der Waals surface area contributed by atoms with Crippen molar-refractivity contribution in [1.82, 2.24) is 10.3 Å². The van der Waals surface area contributed by atoms with Crippen LogP contribution in [0.25, 0.3) is 0 Å². The summed E-state index contributed by atoms with van der Waals surface area (Å²) in [4.78, 5) is 4.23. The third-order valence-electron chi connectivity index (χ3n) is 2.35. The average Bonchev–Trinajstić information content (AvgIpc) is 2.31. The second kappa shape index (κ2) is 6.97. The molecule has 1 atom stereocenters. The lowest BCUT2D eigenvalue weighted by Crippen LogP contribution is -2.24. The van der Waals surface area contributed by atoms with Gasteiger partial charge in [0, 0.05) is 31.4 Å². The fourth-order valence-electron chi connectivity index (χ4n) is 1.32. The summed E-state index contributed by atoms with van der Waals surface area (Å²) < 4.78 is 0. The van der Waals surface area contributed by atoms with Crippen LogP contribution in [0.15, 0.2) is 24.4 Å². The van der Waals surface area contributed by atoms with Crippen LogP contribution in [-0.2, 0) is 6.42 Å². The molecule has 0 aromatic carbocycles. The molecule has 1 rings (SSSR count). The standard InChI is InChI=1S/C12H17N3/c1-2-11(9-13)10-14-8-6-12-5-3-4-7-15-12/h3-5,7,11,14H,2,6,8,10H2,1H3. The quantitative estimate of drug-likeness (QED) is 0.717. The highest BCUT2D eigenvalue weighted by atomic mass is 14.9. The van der Waals surface area contributed by atoms with E-state index < -0.39 is 0 Å². The van der Waals surface area contributed by atoms with Gasteiger partial charge in [-0.2, -0.15) is 5.26 Å². The van der Waals surface area contributed by atoms with E-state index in [1.807, 2.05) is 25.1 Å². The Kier molecular flexibility index (Phi) is 5.42. The summed E-state index contributed by atoms with van der Waals surface area (Å²) >= 11 is 0. The smallest absolute Gasteiger partial charge is 0.0669 e. The van der Waals surface area contributed by atoms with Crippen molar-refractivity contribution >= 4 is 0 Å². The Morgan fingerprint density at radius 3 is 3.00 bits per heavy atom. The van der Waals surface area contributed by atoms with Gasteiger partial charge in [-0.15, -0.1) is 0 Å². The summed E-state index contributed by atoms with van der Waals surface area (Å²) in [6.07, 6.45) is 3.63. The van der Waals surface area contributed by atoms with E-state index in [0.717, 1.165) is 31.6 Å². The van der Waals surface area contributed by atoms with Gasteiger partial charge in [0.25, 0.3) is 0 Å². The topological polar surface area (TPSA) is 48.7 Å². The first-order chi connectivity index (χ1) is 7.36. The molecular formula is C12H17N3. The molecule has 0 aliphatic heterocycles. The summed E-state index contributed by atoms with van der Waals surface area (Å²) in [6.45, 7) is 3.70. The van der Waals surface area contributed by atoms with E-state index in [1.54, 1.807) is 6.20 Å². The Morgan fingerprint density at radius 2 is 2.40 bits per heavy atom. The summed E-state index contributed by atoms with van der Waals surface area (Å²) in [7, 11) is 0. The first-order valence-electron chi connectivity index (χ1n) is 5.37. The van der Waals surface area contributed by atoms with Crippen LogP contribution in [0.4, 0.5) is 0 Å². The Bertz CT molecular complexity index is 302. The van der Waals surface area contributed by atoms with Crippen molar-refractivity contribution in [3.8, 4) is 6.07 Å². The molecule has 15 heavy (non-hydrogen) atoms. The van der Waals surface area contributed by atoms with E-state index >= 15 is 0 Å². The summed E-state index contributed by atoms with van der Waals surface area (Å²) in [5, 5.41) is 12.0. The highest BCUT2D eigenvalue weighted by Crippen LogP contribution is 1.98. The normalized spacial score (nSPS) is 12.0. The molecule has 0 saturated heterocycles. The molecule has 3 heteroatoms. The number of pyridine rings is 1. The molecule has 1 heterocycles. The third-order valence-corrected chi connectivity index (χ3v) is 2.35. The highest BCUT2D eigenvalue weighted by Gasteiger charge is 2.02. The zero-order valence-corrected chi connectivity index (χ0v) is 9.11. The molecule has 0 saturated carbocycles. The number of aromatic nitrogens is 1. The van der Waals surface area contributed by atoms with Crippen LogP contribution < -0.4 is 5.32 Å². The molecule has 0 amide bonds. The Labute approximate surface area is 91.1 Å². The second-order valence-electron chi connectivity index (χ2n) is 3.51. The number of hydrogen-bond donors (Lipinski definition) is 1. The average molecular weight is 203 g/mol. The minimum atomic E-state index is 0.133. The summed E-state index contributed by atoms with van der Waals surface area (Å²) in [5.41, 5.74) is 1.09.